The number of aromatic nitrogens is 4. The molecule has 0 unspecified atom stereocenters. The van der Waals surface area contributed by atoms with Crippen molar-refractivity contribution in [3.8, 4) is 22.5 Å². The first kappa shape index (κ1) is 35.8. The van der Waals surface area contributed by atoms with E-state index in [0.29, 0.717) is 47.9 Å². The van der Waals surface area contributed by atoms with Crippen molar-refractivity contribution >= 4 is 39.1 Å². The number of rotatable bonds is 11. The second-order valence-electron chi connectivity index (χ2n) is 13.0. The van der Waals surface area contributed by atoms with Crippen molar-refractivity contribution in [2.24, 2.45) is 23.3 Å². The average molecular weight is 720 g/mol. The van der Waals surface area contributed by atoms with Gasteiger partial charge in [-0.2, -0.15) is 10.1 Å². The van der Waals surface area contributed by atoms with Gasteiger partial charge in [0.1, 0.15) is 4.90 Å². The van der Waals surface area contributed by atoms with Crippen molar-refractivity contribution in [3.63, 3.8) is 0 Å². The first-order valence-corrected chi connectivity index (χ1v) is 18.8. The molecule has 6 rings (SSSR count). The van der Waals surface area contributed by atoms with Crippen molar-refractivity contribution in [3.05, 3.63) is 77.8 Å². The van der Waals surface area contributed by atoms with Gasteiger partial charge in [0.2, 0.25) is 21.2 Å². The number of nitrogens with zero attached hydrogens (tertiary/aromatic N) is 4. The third-order valence-electron chi connectivity index (χ3n) is 9.53. The Balaban J connectivity index is 1.21. The number of nitrogens with one attached hydrogen (secondary N) is 3. The molecule has 7 N–H and O–H groups in total. The second-order valence-corrected chi connectivity index (χ2v) is 15.1. The number of hydrogen-bond donors (Lipinski definition) is 5. The fraction of sp³-hybridized carbons (Fsp3) is 0.400. The number of aromatic amines is 1. The third-order valence-corrected chi connectivity index (χ3v) is 11.2. The van der Waals surface area contributed by atoms with Crippen LogP contribution in [0, 0.1) is 11.8 Å². The average Bonchev–Trinajstić information content (AvgIpc) is 3.58. The van der Waals surface area contributed by atoms with Crippen molar-refractivity contribution < 1.29 is 18.0 Å². The summed E-state index contributed by atoms with van der Waals surface area (Å²) in [4.78, 5) is 37.8. The van der Waals surface area contributed by atoms with Crippen LogP contribution in [0.15, 0.2) is 71.9 Å². The van der Waals surface area contributed by atoms with E-state index in [9.17, 15) is 18.0 Å². The van der Waals surface area contributed by atoms with Gasteiger partial charge in [0.25, 0.3) is 5.91 Å². The minimum atomic E-state index is -3.77. The minimum Gasteiger partial charge on any atom is -0.330 e. The molecular formula is C35H42ClN9O4S. The molecule has 50 heavy (non-hydrogen) atoms. The summed E-state index contributed by atoms with van der Waals surface area (Å²) in [5.41, 5.74) is 15.6. The monoisotopic (exact) mass is 719 g/mol. The van der Waals surface area contributed by atoms with Gasteiger partial charge in [0, 0.05) is 35.5 Å². The number of imide groups is 1. The lowest BCUT2D eigenvalue weighted by Crippen LogP contribution is -2.50. The summed E-state index contributed by atoms with van der Waals surface area (Å²) in [5.74, 6) is -0.380. The number of H-pyrrole nitrogens is 1. The van der Waals surface area contributed by atoms with E-state index >= 15 is 0 Å². The van der Waals surface area contributed by atoms with E-state index in [0.717, 1.165) is 49.9 Å². The minimum absolute atomic E-state index is 0.0812. The molecule has 0 radical (unpaired) electrons. The number of halogens is 1. The van der Waals surface area contributed by atoms with E-state index in [1.807, 2.05) is 24.3 Å². The van der Waals surface area contributed by atoms with Gasteiger partial charge in [-0.15, -0.1) is 0 Å². The number of carbonyl (C=O) groups is 2. The Labute approximate surface area is 296 Å². The number of piperidine rings is 1. The molecule has 3 heterocycles. The largest absolute Gasteiger partial charge is 0.330 e. The summed E-state index contributed by atoms with van der Waals surface area (Å²) in [6, 6.07) is 14.6. The molecule has 0 bridgehead atoms. The van der Waals surface area contributed by atoms with Crippen LogP contribution >= 0.6 is 11.6 Å². The molecule has 1 aliphatic heterocycles. The van der Waals surface area contributed by atoms with Crippen molar-refractivity contribution in [2.45, 2.75) is 61.9 Å². The lowest BCUT2D eigenvalue weighted by molar-refractivity contribution is -0.130. The van der Waals surface area contributed by atoms with Gasteiger partial charge in [-0.1, -0.05) is 24.3 Å². The Kier molecular flexibility index (Phi) is 11.4. The third kappa shape index (κ3) is 8.45. The van der Waals surface area contributed by atoms with E-state index in [1.165, 1.54) is 11.1 Å². The molecule has 2 aliphatic rings. The highest BCUT2D eigenvalue weighted by Gasteiger charge is 2.35. The van der Waals surface area contributed by atoms with E-state index in [4.69, 9.17) is 23.1 Å². The Hall–Kier alpha value is -4.05. The Morgan fingerprint density at radius 1 is 0.960 bits per heavy atom. The molecule has 1 atom stereocenters. The van der Waals surface area contributed by atoms with Gasteiger partial charge in [0.05, 0.1) is 11.7 Å². The molecule has 264 valence electrons. The van der Waals surface area contributed by atoms with Crippen LogP contribution in [-0.4, -0.2) is 72.1 Å². The summed E-state index contributed by atoms with van der Waals surface area (Å²) >= 11 is 5.91. The number of carbonyl (C=O) groups excluding carboxylic acids is 2. The molecule has 13 nitrogen and oxygen atoms in total. The van der Waals surface area contributed by atoms with Gasteiger partial charge in [-0.25, -0.2) is 23.1 Å². The quantitative estimate of drug-likeness (QED) is 0.153. The summed E-state index contributed by atoms with van der Waals surface area (Å²) < 4.78 is 29.1. The summed E-state index contributed by atoms with van der Waals surface area (Å²) in [6.45, 7) is 2.10. The van der Waals surface area contributed by atoms with E-state index in [2.05, 4.69) is 30.2 Å². The smallest absolute Gasteiger partial charge is 0.251 e. The zero-order valence-electron chi connectivity index (χ0n) is 27.6. The highest BCUT2D eigenvalue weighted by molar-refractivity contribution is 7.89. The van der Waals surface area contributed by atoms with Gasteiger partial charge >= 0.3 is 0 Å². The van der Waals surface area contributed by atoms with Crippen LogP contribution in [0.2, 0.25) is 5.28 Å². The predicted molar refractivity (Wildman–Crippen MR) is 191 cm³/mol. The molecule has 1 saturated carbocycles. The van der Waals surface area contributed by atoms with Gasteiger partial charge < -0.3 is 16.8 Å². The summed E-state index contributed by atoms with van der Waals surface area (Å²) in [5, 5.41) is 10.1. The molecule has 1 saturated heterocycles. The van der Waals surface area contributed by atoms with Crippen LogP contribution in [-0.2, 0) is 26.0 Å². The van der Waals surface area contributed by atoms with E-state index in [1.54, 1.807) is 36.5 Å². The maximum atomic E-state index is 14.1. The van der Waals surface area contributed by atoms with Crippen LogP contribution in [0.25, 0.3) is 22.5 Å². The molecule has 15 heteroatoms. The Morgan fingerprint density at radius 3 is 2.38 bits per heavy atom. The number of anilines is 1. The molecule has 2 fully saturated rings. The van der Waals surface area contributed by atoms with Crippen molar-refractivity contribution in [1.29, 1.82) is 0 Å². The summed E-state index contributed by atoms with van der Waals surface area (Å²) in [6.07, 6.45) is 7.46. The predicted octanol–water partition coefficient (Wildman–Crippen LogP) is 3.41. The lowest BCUT2D eigenvalue weighted by Gasteiger charge is -2.32. The zero-order chi connectivity index (χ0) is 35.3. The normalized spacial score (nSPS) is 19.2. The topological polar surface area (TPSA) is 202 Å². The number of sulfonamides is 1. The molecule has 2 aromatic carbocycles. The standard InChI is InChI=1S/C35H42ClN9O4S/c36-35-41-32(42-43-35)24-8-10-29(11-9-24)45(33(46)25-6-4-22(19-37)5-7-25)34(47)31(38)17-23-2-1-3-26(16-23)27-18-30(21-40-20-27)50(48,49)44-28-12-14-39-15-13-28/h1-3,8-11,16,18,20-22,25,28,31,39,44H,4-7,12-15,17,19,37-38H2,(H,41,42,43)/t22?,25?,31-/m0/s1. The van der Waals surface area contributed by atoms with Crippen LogP contribution in [0.3, 0.4) is 0 Å². The summed E-state index contributed by atoms with van der Waals surface area (Å²) in [7, 11) is -3.77. The Morgan fingerprint density at radius 2 is 1.70 bits per heavy atom. The molecular weight excluding hydrogens is 678 g/mol. The van der Waals surface area contributed by atoms with Crippen LogP contribution < -0.4 is 26.4 Å². The molecule has 2 aromatic heterocycles. The molecule has 4 aromatic rings. The van der Waals surface area contributed by atoms with Gasteiger partial charge in [-0.3, -0.25) is 14.6 Å². The highest BCUT2D eigenvalue weighted by atomic mass is 35.5. The van der Waals surface area contributed by atoms with E-state index in [-0.39, 0.29) is 34.5 Å². The van der Waals surface area contributed by atoms with Gasteiger partial charge in [0.15, 0.2) is 5.82 Å². The maximum absolute atomic E-state index is 14.1. The van der Waals surface area contributed by atoms with E-state index < -0.39 is 22.0 Å². The first-order chi connectivity index (χ1) is 24.1. The SMILES string of the molecule is NCC1CCC(C(=O)N(C(=O)[C@@H](N)Cc2cccc(-c3cncc(S(=O)(=O)NC4CCNCC4)c3)c2)c2ccc(-c3n[nH]c(Cl)n3)cc2)CC1. The lowest BCUT2D eigenvalue weighted by atomic mass is 9.81. The van der Waals surface area contributed by atoms with Crippen molar-refractivity contribution in [1.82, 2.24) is 30.2 Å². The zero-order valence-corrected chi connectivity index (χ0v) is 29.2. The molecule has 2 amide bonds. The van der Waals surface area contributed by atoms with Gasteiger partial charge in [-0.05, 0) is 124 Å². The number of nitrogens with two attached hydrogens (primary N) is 2. The number of hydrogen-bond acceptors (Lipinski definition) is 10. The van der Waals surface area contributed by atoms with Crippen molar-refractivity contribution in [2.75, 3.05) is 24.5 Å². The fourth-order valence-electron chi connectivity index (χ4n) is 6.66. The maximum Gasteiger partial charge on any atom is 0.251 e. The van der Waals surface area contributed by atoms with Crippen LogP contribution in [0.1, 0.15) is 44.1 Å². The highest BCUT2D eigenvalue weighted by Crippen LogP contribution is 2.32. The van der Waals surface area contributed by atoms with Crippen LogP contribution in [0.5, 0.6) is 0 Å². The second kappa shape index (κ2) is 15.9. The number of pyridine rings is 1. The number of amides is 2. The first-order valence-electron chi connectivity index (χ1n) is 16.9. The Bertz CT molecular complexity index is 1910. The molecule has 1 aliphatic carbocycles. The molecule has 0 spiro atoms. The number of benzene rings is 2. The van der Waals surface area contributed by atoms with Crippen LogP contribution in [0.4, 0.5) is 5.69 Å². The fourth-order valence-corrected chi connectivity index (χ4v) is 8.07.